The van der Waals surface area contributed by atoms with Gasteiger partial charge in [-0.25, -0.2) is 4.39 Å². The van der Waals surface area contributed by atoms with Crippen LogP contribution in [0.5, 0.6) is 0 Å². The lowest BCUT2D eigenvalue weighted by atomic mass is 9.82. The SMILES string of the molecule is CN/C(=C(/F)C=N)N1CC(C)(C(=O)O)C1. The van der Waals surface area contributed by atoms with Crippen LogP contribution in [-0.4, -0.2) is 42.3 Å². The predicted octanol–water partition coefficient (Wildman–Crippen LogP) is 0.400. The van der Waals surface area contributed by atoms with Gasteiger partial charge in [0.15, 0.2) is 5.83 Å². The van der Waals surface area contributed by atoms with Gasteiger partial charge in [-0.1, -0.05) is 0 Å². The third-order valence-corrected chi connectivity index (χ3v) is 2.50. The minimum absolute atomic E-state index is 0.170. The van der Waals surface area contributed by atoms with Gasteiger partial charge >= 0.3 is 5.97 Å². The Morgan fingerprint density at radius 1 is 1.67 bits per heavy atom. The molecule has 0 spiro atoms. The van der Waals surface area contributed by atoms with Crippen LogP contribution < -0.4 is 5.32 Å². The van der Waals surface area contributed by atoms with Gasteiger partial charge in [0.05, 0.1) is 11.6 Å². The highest BCUT2D eigenvalue weighted by Crippen LogP contribution is 2.32. The zero-order chi connectivity index (χ0) is 11.6. The van der Waals surface area contributed by atoms with Gasteiger partial charge in [0.2, 0.25) is 0 Å². The number of nitrogens with one attached hydrogen (secondary N) is 2. The second-order valence-electron chi connectivity index (χ2n) is 3.81. The van der Waals surface area contributed by atoms with E-state index in [4.69, 9.17) is 10.5 Å². The van der Waals surface area contributed by atoms with Crippen LogP contribution in [0.1, 0.15) is 6.92 Å². The molecule has 1 aliphatic heterocycles. The zero-order valence-corrected chi connectivity index (χ0v) is 8.67. The number of aliphatic carboxylic acids is 1. The van der Waals surface area contributed by atoms with Crippen LogP contribution in [0.25, 0.3) is 0 Å². The molecule has 3 N–H and O–H groups in total. The summed E-state index contributed by atoms with van der Waals surface area (Å²) >= 11 is 0. The van der Waals surface area contributed by atoms with Crippen LogP contribution in [-0.2, 0) is 4.79 Å². The molecule has 0 aromatic carbocycles. The summed E-state index contributed by atoms with van der Waals surface area (Å²) in [6.07, 6.45) is 0.599. The minimum atomic E-state index is -0.885. The van der Waals surface area contributed by atoms with Crippen LogP contribution in [0.15, 0.2) is 11.6 Å². The van der Waals surface area contributed by atoms with E-state index in [1.807, 2.05) is 0 Å². The van der Waals surface area contributed by atoms with E-state index in [0.717, 1.165) is 0 Å². The van der Waals surface area contributed by atoms with E-state index in [0.29, 0.717) is 6.21 Å². The van der Waals surface area contributed by atoms with Gasteiger partial charge in [-0.3, -0.25) is 4.79 Å². The first-order chi connectivity index (χ1) is 6.94. The summed E-state index contributed by atoms with van der Waals surface area (Å²) < 4.78 is 13.1. The molecule has 0 unspecified atom stereocenters. The fraction of sp³-hybridized carbons (Fsp3) is 0.556. The molecule has 6 heteroatoms. The van der Waals surface area contributed by atoms with Crippen molar-refractivity contribution in [1.82, 2.24) is 10.2 Å². The van der Waals surface area contributed by atoms with E-state index in [-0.39, 0.29) is 18.9 Å². The summed E-state index contributed by atoms with van der Waals surface area (Å²) in [4.78, 5) is 12.4. The Bertz CT molecular complexity index is 321. The Balaban J connectivity index is 2.73. The molecule has 0 radical (unpaired) electrons. The molecule has 0 aromatic heterocycles. The summed E-state index contributed by atoms with van der Waals surface area (Å²) in [5, 5.41) is 18.3. The topological polar surface area (TPSA) is 76.4 Å². The van der Waals surface area contributed by atoms with E-state index in [9.17, 15) is 9.18 Å². The van der Waals surface area contributed by atoms with Gasteiger partial charge < -0.3 is 20.7 Å². The monoisotopic (exact) mass is 215 g/mol. The highest BCUT2D eigenvalue weighted by atomic mass is 19.1. The molecule has 84 valence electrons. The lowest BCUT2D eigenvalue weighted by Crippen LogP contribution is -2.59. The van der Waals surface area contributed by atoms with Crippen LogP contribution >= 0.6 is 0 Å². The molecular weight excluding hydrogens is 201 g/mol. The Hall–Kier alpha value is -1.59. The number of hydrogen-bond acceptors (Lipinski definition) is 4. The van der Waals surface area contributed by atoms with Crippen LogP contribution in [0, 0.1) is 10.8 Å². The fourth-order valence-electron chi connectivity index (χ4n) is 1.59. The van der Waals surface area contributed by atoms with Crippen LogP contribution in [0.2, 0.25) is 0 Å². The largest absolute Gasteiger partial charge is 0.481 e. The number of carbonyl (C=O) groups is 1. The first-order valence-corrected chi connectivity index (χ1v) is 4.51. The smallest absolute Gasteiger partial charge is 0.312 e. The number of allylic oxidation sites excluding steroid dienone is 1. The van der Waals surface area contributed by atoms with Crippen LogP contribution in [0.4, 0.5) is 4.39 Å². The van der Waals surface area contributed by atoms with Crippen molar-refractivity contribution in [2.24, 2.45) is 5.41 Å². The maximum atomic E-state index is 13.1. The minimum Gasteiger partial charge on any atom is -0.481 e. The number of hydrogen-bond donors (Lipinski definition) is 3. The fourth-order valence-corrected chi connectivity index (χ4v) is 1.59. The summed E-state index contributed by atoms with van der Waals surface area (Å²) in [5.41, 5.74) is -0.815. The van der Waals surface area contributed by atoms with Gasteiger partial charge in [-0.15, -0.1) is 0 Å². The summed E-state index contributed by atoms with van der Waals surface area (Å²) in [7, 11) is 1.54. The number of carboxylic acid groups (broad SMARTS) is 1. The van der Waals surface area contributed by atoms with Gasteiger partial charge in [0.1, 0.15) is 5.82 Å². The molecule has 1 aliphatic rings. The summed E-state index contributed by atoms with van der Waals surface area (Å²) in [6.45, 7) is 2.11. The molecule has 15 heavy (non-hydrogen) atoms. The van der Waals surface area contributed by atoms with Gasteiger partial charge in [0, 0.05) is 20.1 Å². The van der Waals surface area contributed by atoms with Crippen molar-refractivity contribution in [3.63, 3.8) is 0 Å². The van der Waals surface area contributed by atoms with Crippen molar-refractivity contribution in [1.29, 1.82) is 5.41 Å². The lowest BCUT2D eigenvalue weighted by Gasteiger charge is -2.47. The van der Waals surface area contributed by atoms with E-state index >= 15 is 0 Å². The first-order valence-electron chi connectivity index (χ1n) is 4.51. The third-order valence-electron chi connectivity index (χ3n) is 2.50. The number of rotatable bonds is 4. The van der Waals surface area contributed by atoms with E-state index in [1.165, 1.54) is 7.05 Å². The predicted molar refractivity (Wildman–Crippen MR) is 53.3 cm³/mol. The Morgan fingerprint density at radius 2 is 2.20 bits per heavy atom. The normalized spacial score (nSPS) is 20.1. The molecule has 0 atom stereocenters. The van der Waals surface area contributed by atoms with Crippen molar-refractivity contribution in [3.05, 3.63) is 11.6 Å². The van der Waals surface area contributed by atoms with E-state index in [2.05, 4.69) is 5.32 Å². The quantitative estimate of drug-likeness (QED) is 0.593. The second-order valence-corrected chi connectivity index (χ2v) is 3.81. The number of carboxylic acids is 1. The Kier molecular flexibility index (Phi) is 2.97. The first kappa shape index (κ1) is 11.5. The maximum Gasteiger partial charge on any atom is 0.312 e. The molecular formula is C9H14FN3O2. The highest BCUT2D eigenvalue weighted by molar-refractivity contribution is 5.77. The number of halogens is 1. The number of nitrogens with zero attached hydrogens (tertiary/aromatic N) is 1. The Morgan fingerprint density at radius 3 is 2.53 bits per heavy atom. The second kappa shape index (κ2) is 3.88. The molecule has 1 heterocycles. The molecule has 5 nitrogen and oxygen atoms in total. The Labute approximate surface area is 87.1 Å². The van der Waals surface area contributed by atoms with Crippen LogP contribution in [0.3, 0.4) is 0 Å². The molecule has 0 aliphatic carbocycles. The summed E-state index contributed by atoms with van der Waals surface area (Å²) in [5.74, 6) is -1.40. The average molecular weight is 215 g/mol. The molecule has 0 amide bonds. The lowest BCUT2D eigenvalue weighted by molar-refractivity contribution is -0.156. The molecule has 1 rings (SSSR count). The van der Waals surface area contributed by atoms with Gasteiger partial charge in [-0.05, 0) is 6.92 Å². The van der Waals surface area contributed by atoms with Crippen molar-refractivity contribution >= 4 is 12.2 Å². The molecule has 1 fully saturated rings. The average Bonchev–Trinajstić information content (AvgIpc) is 2.15. The van der Waals surface area contributed by atoms with E-state index in [1.54, 1.807) is 11.8 Å². The van der Waals surface area contributed by atoms with E-state index < -0.39 is 17.2 Å². The molecule has 1 saturated heterocycles. The zero-order valence-electron chi connectivity index (χ0n) is 8.67. The number of likely N-dealkylation sites (tertiary alicyclic amines) is 1. The van der Waals surface area contributed by atoms with Gasteiger partial charge in [0.25, 0.3) is 0 Å². The van der Waals surface area contributed by atoms with Crippen molar-refractivity contribution in [3.8, 4) is 0 Å². The molecule has 0 saturated carbocycles. The highest BCUT2D eigenvalue weighted by Gasteiger charge is 2.46. The van der Waals surface area contributed by atoms with Crippen molar-refractivity contribution < 1.29 is 14.3 Å². The standard InChI is InChI=1S/C9H14FN3O2/c1-9(8(14)15)4-13(5-9)7(12-2)6(10)3-11/h3,11-12H,4-5H2,1-2H3,(H,14,15)/b7-6-,11-3?. The van der Waals surface area contributed by atoms with Gasteiger partial charge in [-0.2, -0.15) is 0 Å². The summed E-state index contributed by atoms with van der Waals surface area (Å²) in [6, 6.07) is 0. The molecule has 0 bridgehead atoms. The van der Waals surface area contributed by atoms with Crippen molar-refractivity contribution in [2.45, 2.75) is 6.92 Å². The van der Waals surface area contributed by atoms with Crippen molar-refractivity contribution in [2.75, 3.05) is 20.1 Å². The maximum absolute atomic E-state index is 13.1. The molecule has 0 aromatic rings. The third kappa shape index (κ3) is 1.93.